The highest BCUT2D eigenvalue weighted by Gasteiger charge is 2.20. The lowest BCUT2D eigenvalue weighted by Crippen LogP contribution is -2.45. The lowest BCUT2D eigenvalue weighted by molar-refractivity contribution is -0.143. The van der Waals surface area contributed by atoms with Crippen LogP contribution in [0.5, 0.6) is 0 Å². The summed E-state index contributed by atoms with van der Waals surface area (Å²) in [5.74, 6) is -0.0379. The zero-order valence-electron chi connectivity index (χ0n) is 45.6. The number of aliphatic hydroxyl groups is 2. The van der Waals surface area contributed by atoms with Crippen LogP contribution < -0.4 is 5.32 Å². The Morgan fingerprint density at radius 3 is 1.16 bits per heavy atom. The lowest BCUT2D eigenvalue weighted by Gasteiger charge is -2.22. The van der Waals surface area contributed by atoms with Gasteiger partial charge in [0, 0.05) is 12.8 Å². The second-order valence-corrected chi connectivity index (χ2v) is 20.7. The average Bonchev–Trinajstić information content (AvgIpc) is 3.34. The van der Waals surface area contributed by atoms with Crippen molar-refractivity contribution in [2.75, 3.05) is 13.2 Å². The van der Waals surface area contributed by atoms with Crippen LogP contribution in [0.1, 0.15) is 322 Å². The van der Waals surface area contributed by atoms with Gasteiger partial charge in [0.05, 0.1) is 25.4 Å². The first-order valence-electron chi connectivity index (χ1n) is 30.2. The molecule has 3 N–H and O–H groups in total. The highest BCUT2D eigenvalue weighted by Crippen LogP contribution is 2.17. The first kappa shape index (κ1) is 66.1. The number of rotatable bonds is 56. The molecular weight excluding hydrogens is 839 g/mol. The third kappa shape index (κ3) is 53.4. The van der Waals surface area contributed by atoms with Gasteiger partial charge in [-0.25, -0.2) is 0 Å². The normalized spacial score (nSPS) is 12.8. The minimum absolute atomic E-state index is 0.000296. The minimum atomic E-state index is -0.665. The molecule has 0 rings (SSSR count). The Morgan fingerprint density at radius 1 is 0.412 bits per heavy atom. The van der Waals surface area contributed by atoms with E-state index in [4.69, 9.17) is 4.74 Å². The molecule has 0 aliphatic rings. The van der Waals surface area contributed by atoms with Crippen LogP contribution in [0.3, 0.4) is 0 Å². The monoisotopic (exact) mass is 956 g/mol. The van der Waals surface area contributed by atoms with Crippen LogP contribution in [0.25, 0.3) is 0 Å². The van der Waals surface area contributed by atoms with Crippen molar-refractivity contribution in [3.63, 3.8) is 0 Å². The molecule has 2 atom stereocenters. The Balaban J connectivity index is 3.41. The van der Waals surface area contributed by atoms with Gasteiger partial charge in [-0.3, -0.25) is 9.59 Å². The highest BCUT2D eigenvalue weighted by molar-refractivity contribution is 5.76. The van der Waals surface area contributed by atoms with Crippen LogP contribution >= 0.6 is 0 Å². The Bertz CT molecular complexity index is 1100. The van der Waals surface area contributed by atoms with Gasteiger partial charge in [0.2, 0.25) is 5.91 Å². The molecule has 0 saturated heterocycles. The van der Waals surface area contributed by atoms with E-state index in [0.29, 0.717) is 25.9 Å². The van der Waals surface area contributed by atoms with E-state index in [2.05, 4.69) is 55.6 Å². The van der Waals surface area contributed by atoms with Gasteiger partial charge in [-0.1, -0.05) is 262 Å². The fourth-order valence-electron chi connectivity index (χ4n) is 9.25. The molecule has 0 bridgehead atoms. The van der Waals surface area contributed by atoms with Crippen LogP contribution in [0.15, 0.2) is 36.5 Å². The Hall–Kier alpha value is -1.92. The molecule has 0 heterocycles. The molecule has 6 nitrogen and oxygen atoms in total. The molecule has 6 heteroatoms. The van der Waals surface area contributed by atoms with Crippen molar-refractivity contribution < 1.29 is 24.5 Å². The number of esters is 1. The first-order chi connectivity index (χ1) is 33.5. The lowest BCUT2D eigenvalue weighted by atomic mass is 10.0. The third-order valence-electron chi connectivity index (χ3n) is 13.9. The SMILES string of the molecule is CCCCC/C=C\CCCCCCCC(=O)OCCCCCCCCCCC/C=C\C/C=C\CCCCCCCCCCCCCC(=O)NC(CO)C(O)CCCCCCCCCCCCCC. The summed E-state index contributed by atoms with van der Waals surface area (Å²) >= 11 is 0. The topological polar surface area (TPSA) is 95.9 Å². The van der Waals surface area contributed by atoms with Gasteiger partial charge >= 0.3 is 5.97 Å². The maximum absolute atomic E-state index is 12.5. The van der Waals surface area contributed by atoms with Crippen molar-refractivity contribution in [2.45, 2.75) is 334 Å². The molecule has 0 spiro atoms. The molecule has 0 aliphatic carbocycles. The number of amides is 1. The van der Waals surface area contributed by atoms with Crippen LogP contribution in [-0.4, -0.2) is 47.4 Å². The molecular formula is C62H117NO5. The second-order valence-electron chi connectivity index (χ2n) is 20.7. The summed E-state index contributed by atoms with van der Waals surface area (Å²) in [5.41, 5.74) is 0. The summed E-state index contributed by atoms with van der Waals surface area (Å²) in [5, 5.41) is 23.2. The molecule has 0 radical (unpaired) electrons. The Labute approximate surface area is 424 Å². The maximum Gasteiger partial charge on any atom is 0.305 e. The van der Waals surface area contributed by atoms with Gasteiger partial charge in [-0.05, 0) is 83.5 Å². The average molecular weight is 957 g/mol. The standard InChI is InChI=1S/C62H117NO5/c1-3-5-7-9-11-13-15-34-38-42-46-50-54-60(65)59(58-64)63-61(66)55-51-47-43-39-35-32-30-28-26-24-22-20-18-17-19-21-23-25-27-29-31-33-37-41-45-49-53-57-68-62(67)56-52-48-44-40-36-16-14-12-10-8-6-4-2/h12,14,17-18,21,23,59-60,64-65H,3-11,13,15-16,19-20,22,24-58H2,1-2H3,(H,63,66)/b14-12-,18-17-,23-21-. The highest BCUT2D eigenvalue weighted by atomic mass is 16.5. The number of unbranched alkanes of at least 4 members (excludes halogenated alkanes) is 39. The number of allylic oxidation sites excluding steroid dienone is 6. The summed E-state index contributed by atoms with van der Waals surface area (Å²) in [7, 11) is 0. The van der Waals surface area contributed by atoms with Crippen molar-refractivity contribution in [1.29, 1.82) is 0 Å². The number of hydrogen-bond acceptors (Lipinski definition) is 5. The number of ether oxygens (including phenoxy) is 1. The smallest absolute Gasteiger partial charge is 0.305 e. The molecule has 400 valence electrons. The van der Waals surface area contributed by atoms with E-state index >= 15 is 0 Å². The number of carbonyl (C=O) groups excluding carboxylic acids is 2. The summed E-state index contributed by atoms with van der Waals surface area (Å²) in [6.45, 7) is 4.92. The van der Waals surface area contributed by atoms with Crippen LogP contribution in [-0.2, 0) is 14.3 Å². The van der Waals surface area contributed by atoms with Crippen LogP contribution in [0, 0.1) is 0 Å². The number of nitrogens with one attached hydrogen (secondary N) is 1. The van der Waals surface area contributed by atoms with Crippen molar-refractivity contribution in [3.05, 3.63) is 36.5 Å². The van der Waals surface area contributed by atoms with E-state index < -0.39 is 12.1 Å². The first-order valence-corrected chi connectivity index (χ1v) is 30.2. The van der Waals surface area contributed by atoms with Gasteiger partial charge in [-0.2, -0.15) is 0 Å². The number of aliphatic hydroxyl groups excluding tert-OH is 2. The van der Waals surface area contributed by atoms with E-state index in [9.17, 15) is 19.8 Å². The van der Waals surface area contributed by atoms with Gasteiger partial charge in [0.25, 0.3) is 0 Å². The Kier molecular flexibility index (Phi) is 56.0. The summed E-state index contributed by atoms with van der Waals surface area (Å²) in [4.78, 5) is 24.5. The molecule has 0 aliphatic heterocycles. The molecule has 68 heavy (non-hydrogen) atoms. The molecule has 1 amide bonds. The fraction of sp³-hybridized carbons (Fsp3) is 0.871. The van der Waals surface area contributed by atoms with Gasteiger partial charge in [-0.15, -0.1) is 0 Å². The predicted molar refractivity (Wildman–Crippen MR) is 296 cm³/mol. The van der Waals surface area contributed by atoms with Crippen LogP contribution in [0.4, 0.5) is 0 Å². The third-order valence-corrected chi connectivity index (χ3v) is 13.9. The fourth-order valence-corrected chi connectivity index (χ4v) is 9.25. The van der Waals surface area contributed by atoms with Crippen molar-refractivity contribution in [2.24, 2.45) is 0 Å². The van der Waals surface area contributed by atoms with E-state index in [-0.39, 0.29) is 18.5 Å². The van der Waals surface area contributed by atoms with Gasteiger partial charge in [0.15, 0.2) is 0 Å². The van der Waals surface area contributed by atoms with E-state index in [1.807, 2.05) is 0 Å². The largest absolute Gasteiger partial charge is 0.466 e. The van der Waals surface area contributed by atoms with Crippen LogP contribution in [0.2, 0.25) is 0 Å². The Morgan fingerprint density at radius 2 is 0.735 bits per heavy atom. The molecule has 0 aromatic heterocycles. The second kappa shape index (κ2) is 57.7. The summed E-state index contributed by atoms with van der Waals surface area (Å²) < 4.78 is 5.46. The molecule has 0 saturated carbocycles. The molecule has 0 fully saturated rings. The maximum atomic E-state index is 12.5. The van der Waals surface area contributed by atoms with E-state index in [1.165, 1.54) is 238 Å². The van der Waals surface area contributed by atoms with Crippen molar-refractivity contribution in [3.8, 4) is 0 Å². The molecule has 0 aromatic rings. The van der Waals surface area contributed by atoms with Crippen molar-refractivity contribution >= 4 is 11.9 Å². The number of hydrogen-bond donors (Lipinski definition) is 3. The summed E-state index contributed by atoms with van der Waals surface area (Å²) in [6.07, 6.45) is 71.5. The molecule has 2 unspecified atom stereocenters. The van der Waals surface area contributed by atoms with E-state index in [1.54, 1.807) is 0 Å². The minimum Gasteiger partial charge on any atom is -0.466 e. The number of carbonyl (C=O) groups is 2. The van der Waals surface area contributed by atoms with Gasteiger partial charge < -0.3 is 20.3 Å². The quantitative estimate of drug-likeness (QED) is 0.0321. The van der Waals surface area contributed by atoms with E-state index in [0.717, 1.165) is 51.4 Å². The zero-order valence-corrected chi connectivity index (χ0v) is 45.6. The summed E-state index contributed by atoms with van der Waals surface area (Å²) in [6, 6.07) is -0.543. The zero-order chi connectivity index (χ0) is 49.3. The van der Waals surface area contributed by atoms with Crippen molar-refractivity contribution in [1.82, 2.24) is 5.32 Å². The van der Waals surface area contributed by atoms with Gasteiger partial charge in [0.1, 0.15) is 0 Å². The predicted octanol–water partition coefficient (Wildman–Crippen LogP) is 18.8. The molecule has 0 aromatic carbocycles.